The summed E-state index contributed by atoms with van der Waals surface area (Å²) >= 11 is 0. The van der Waals surface area contributed by atoms with E-state index in [1.807, 2.05) is 0 Å². The van der Waals surface area contributed by atoms with Crippen LogP contribution in [0.5, 0.6) is 0 Å². The molecule has 0 unspecified atom stereocenters. The molecule has 0 aliphatic carbocycles. The fourth-order valence-corrected chi connectivity index (χ4v) is 3.73. The van der Waals surface area contributed by atoms with E-state index in [-0.39, 0.29) is 51.4 Å². The summed E-state index contributed by atoms with van der Waals surface area (Å²) in [7, 11) is -4.59. The third-order valence-electron chi connectivity index (χ3n) is 5.24. The summed E-state index contributed by atoms with van der Waals surface area (Å²) < 4.78 is 34.6. The Kier molecular flexibility index (Phi) is 28.2. The summed E-state index contributed by atoms with van der Waals surface area (Å²) in [6.45, 7) is 2.28. The Balaban J connectivity index is 0. The number of rotatable bonds is 22. The van der Waals surface area contributed by atoms with Crippen LogP contribution in [-0.2, 0) is 14.6 Å². The predicted octanol–water partition coefficient (Wildman–Crippen LogP) is 4.80. The Morgan fingerprint density at radius 3 is 1.24 bits per heavy atom. The van der Waals surface area contributed by atoms with Crippen molar-refractivity contribution in [2.24, 2.45) is 0 Å². The van der Waals surface area contributed by atoms with E-state index >= 15 is 0 Å². The summed E-state index contributed by atoms with van der Waals surface area (Å²) in [5.74, 6) is 0. The van der Waals surface area contributed by atoms with Gasteiger partial charge in [-0.05, 0) is 18.9 Å². The quantitative estimate of drug-likeness (QED) is 0.0771. The van der Waals surface area contributed by atoms with Crippen LogP contribution in [0.1, 0.15) is 135 Å². The van der Waals surface area contributed by atoms with E-state index in [2.05, 4.69) is 11.1 Å². The van der Waals surface area contributed by atoms with Gasteiger partial charge in [0.1, 0.15) is 6.26 Å². The molecule has 0 bridgehead atoms. The summed E-state index contributed by atoms with van der Waals surface area (Å²) in [4.78, 5) is 0. The first-order valence-corrected chi connectivity index (χ1v) is 13.2. The van der Waals surface area contributed by atoms with Gasteiger partial charge in [0.2, 0.25) is 0 Å². The van der Waals surface area contributed by atoms with Crippen LogP contribution in [0.15, 0.2) is 12.3 Å². The molecule has 4 nitrogen and oxygen atoms in total. The Labute approximate surface area is 224 Å². The van der Waals surface area contributed by atoms with Gasteiger partial charge in [0, 0.05) is 0 Å². The van der Waals surface area contributed by atoms with Gasteiger partial charge in [-0.15, -0.1) is 0 Å². The molecule has 0 aromatic carbocycles. The van der Waals surface area contributed by atoms with Crippen molar-refractivity contribution in [2.45, 2.75) is 135 Å². The molecular formula is C23H45KO4S. The molecule has 0 spiro atoms. The summed E-state index contributed by atoms with van der Waals surface area (Å²) in [6.07, 6.45) is 29.1. The normalized spacial score (nSPS) is 11.7. The zero-order chi connectivity index (χ0) is 20.8. The van der Waals surface area contributed by atoms with Gasteiger partial charge in [0.15, 0.2) is 0 Å². The van der Waals surface area contributed by atoms with Gasteiger partial charge in [0.05, 0.1) is 0 Å². The molecule has 0 aromatic heterocycles. The van der Waals surface area contributed by atoms with Crippen LogP contribution in [0.2, 0.25) is 0 Å². The van der Waals surface area contributed by atoms with Gasteiger partial charge in [0.25, 0.3) is 10.4 Å². The standard InChI is InChI=1S/C23H46O4S.K/c1-2-3-4-5-6-7-8-9-10-11-12-13-14-15-16-17-18-19-20-21-22-23-27-28(24,25)26;/h22-23H,2-21H2,1H3,(H,24,25,26);/q;+1/p-1/b23-22+;. The number of hydrogen-bond donors (Lipinski definition) is 0. The van der Waals surface area contributed by atoms with E-state index in [4.69, 9.17) is 0 Å². The third-order valence-corrected chi connectivity index (χ3v) is 5.59. The molecule has 0 aliphatic rings. The fraction of sp³-hybridized carbons (Fsp3) is 0.913. The summed E-state index contributed by atoms with van der Waals surface area (Å²) in [6, 6.07) is 0. The van der Waals surface area contributed by atoms with Gasteiger partial charge in [-0.1, -0.05) is 122 Å². The summed E-state index contributed by atoms with van der Waals surface area (Å²) in [5.41, 5.74) is 0. The first-order chi connectivity index (χ1) is 13.6. The third kappa shape index (κ3) is 31.4. The van der Waals surface area contributed by atoms with Crippen LogP contribution in [0.3, 0.4) is 0 Å². The predicted molar refractivity (Wildman–Crippen MR) is 118 cm³/mol. The molecule has 0 aliphatic heterocycles. The van der Waals surface area contributed by atoms with Gasteiger partial charge in [-0.3, -0.25) is 0 Å². The largest absolute Gasteiger partial charge is 1.00 e. The van der Waals surface area contributed by atoms with Crippen molar-refractivity contribution >= 4 is 10.4 Å². The number of unbranched alkanes of at least 4 members (excludes halogenated alkanes) is 19. The van der Waals surface area contributed by atoms with Gasteiger partial charge in [-0.25, -0.2) is 8.42 Å². The fourth-order valence-electron chi connectivity index (χ4n) is 3.52. The van der Waals surface area contributed by atoms with Crippen LogP contribution in [0.4, 0.5) is 0 Å². The molecule has 0 saturated carbocycles. The minimum atomic E-state index is -4.59. The van der Waals surface area contributed by atoms with Gasteiger partial charge < -0.3 is 8.74 Å². The van der Waals surface area contributed by atoms with E-state index < -0.39 is 10.4 Å². The molecule has 0 atom stereocenters. The van der Waals surface area contributed by atoms with Crippen LogP contribution in [-0.4, -0.2) is 13.0 Å². The molecular weight excluding hydrogens is 411 g/mol. The zero-order valence-electron chi connectivity index (χ0n) is 19.3. The molecule has 0 radical (unpaired) electrons. The Morgan fingerprint density at radius 2 is 0.931 bits per heavy atom. The molecule has 0 rings (SSSR count). The Morgan fingerprint density at radius 1 is 0.621 bits per heavy atom. The second-order valence-corrected chi connectivity index (χ2v) is 9.04. The van der Waals surface area contributed by atoms with E-state index in [0.717, 1.165) is 25.5 Å². The smallest absolute Gasteiger partial charge is 0.716 e. The van der Waals surface area contributed by atoms with E-state index in [0.29, 0.717) is 0 Å². The van der Waals surface area contributed by atoms with Crippen LogP contribution in [0.25, 0.3) is 0 Å². The van der Waals surface area contributed by atoms with E-state index in [9.17, 15) is 13.0 Å². The average Bonchev–Trinajstić information content (AvgIpc) is 2.65. The molecule has 6 heteroatoms. The molecule has 0 fully saturated rings. The van der Waals surface area contributed by atoms with Crippen LogP contribution in [0, 0.1) is 0 Å². The summed E-state index contributed by atoms with van der Waals surface area (Å²) in [5, 5.41) is 0. The Bertz CT molecular complexity index is 438. The maximum atomic E-state index is 10.2. The van der Waals surface area contributed by atoms with Crippen molar-refractivity contribution < 1.29 is 68.5 Å². The topological polar surface area (TPSA) is 66.4 Å². The van der Waals surface area contributed by atoms with Crippen molar-refractivity contribution in [1.82, 2.24) is 0 Å². The first-order valence-electron chi connectivity index (χ1n) is 11.9. The monoisotopic (exact) mass is 456 g/mol. The molecule has 0 aromatic rings. The first kappa shape index (κ1) is 32.3. The van der Waals surface area contributed by atoms with Crippen molar-refractivity contribution in [3.8, 4) is 0 Å². The van der Waals surface area contributed by atoms with E-state index in [1.165, 1.54) is 109 Å². The minimum Gasteiger partial charge on any atom is -0.716 e. The molecule has 0 N–H and O–H groups in total. The molecule has 0 saturated heterocycles. The van der Waals surface area contributed by atoms with E-state index in [1.54, 1.807) is 6.08 Å². The second-order valence-electron chi connectivity index (χ2n) is 8.03. The van der Waals surface area contributed by atoms with Gasteiger partial charge in [-0.2, -0.15) is 0 Å². The number of hydrogen-bond acceptors (Lipinski definition) is 4. The van der Waals surface area contributed by atoms with Crippen molar-refractivity contribution in [1.29, 1.82) is 0 Å². The van der Waals surface area contributed by atoms with Crippen molar-refractivity contribution in [3.05, 3.63) is 12.3 Å². The molecule has 0 heterocycles. The Hall–Kier alpha value is 1.09. The van der Waals surface area contributed by atoms with Crippen molar-refractivity contribution in [2.75, 3.05) is 0 Å². The SMILES string of the molecule is CCCCCCCCCCCCCCCCCCCCC/C=C/OS(=O)(=O)[O-].[K+]. The second kappa shape index (κ2) is 25.3. The maximum absolute atomic E-state index is 10.2. The van der Waals surface area contributed by atoms with Crippen LogP contribution >= 0.6 is 0 Å². The maximum Gasteiger partial charge on any atom is 1.00 e. The average molecular weight is 457 g/mol. The van der Waals surface area contributed by atoms with Crippen molar-refractivity contribution in [3.63, 3.8) is 0 Å². The minimum absolute atomic E-state index is 0. The zero-order valence-corrected chi connectivity index (χ0v) is 23.3. The van der Waals surface area contributed by atoms with Gasteiger partial charge >= 0.3 is 51.4 Å². The number of allylic oxidation sites excluding steroid dienone is 1. The molecule has 29 heavy (non-hydrogen) atoms. The molecule has 0 amide bonds. The van der Waals surface area contributed by atoms with Crippen LogP contribution < -0.4 is 51.4 Å². The molecule has 168 valence electrons.